The molecule has 0 unspecified atom stereocenters. The van der Waals surface area contributed by atoms with Gasteiger partial charge in [0.05, 0.1) is 22.1 Å². The van der Waals surface area contributed by atoms with Crippen LogP contribution in [-0.2, 0) is 0 Å². The maximum atomic E-state index is 5.52. The van der Waals surface area contributed by atoms with Crippen molar-refractivity contribution in [1.82, 2.24) is 14.5 Å². The molecule has 0 amide bonds. The van der Waals surface area contributed by atoms with Gasteiger partial charge in [-0.3, -0.25) is 4.57 Å². The number of nitrogens with zero attached hydrogens (tertiary/aromatic N) is 3. The highest BCUT2D eigenvalue weighted by molar-refractivity contribution is 7.26. The zero-order valence-electron chi connectivity index (χ0n) is 27.8. The molecular formula is C48H27N3S. The van der Waals surface area contributed by atoms with Crippen LogP contribution >= 0.6 is 11.3 Å². The van der Waals surface area contributed by atoms with Crippen LogP contribution < -0.4 is 0 Å². The van der Waals surface area contributed by atoms with Crippen molar-refractivity contribution in [3.05, 3.63) is 164 Å². The quantitative estimate of drug-likeness (QED) is 0.186. The number of fused-ring (bicyclic) bond motifs is 7. The maximum absolute atomic E-state index is 5.52. The summed E-state index contributed by atoms with van der Waals surface area (Å²) in [7, 11) is 0. The molecule has 0 aliphatic heterocycles. The second-order valence-electron chi connectivity index (χ2n) is 13.7. The third-order valence-electron chi connectivity index (χ3n) is 10.9. The molecule has 52 heavy (non-hydrogen) atoms. The van der Waals surface area contributed by atoms with E-state index in [0.29, 0.717) is 0 Å². The van der Waals surface area contributed by atoms with Gasteiger partial charge in [-0.05, 0) is 69.1 Å². The van der Waals surface area contributed by atoms with Crippen molar-refractivity contribution in [1.29, 1.82) is 0 Å². The summed E-state index contributed by atoms with van der Waals surface area (Å²) < 4.78 is 4.89. The van der Waals surface area contributed by atoms with Crippen LogP contribution in [0.1, 0.15) is 0 Å². The molecule has 0 bridgehead atoms. The van der Waals surface area contributed by atoms with E-state index in [2.05, 4.69) is 168 Å². The normalized spacial score (nSPS) is 12.2. The van der Waals surface area contributed by atoms with Crippen LogP contribution in [0.2, 0.25) is 0 Å². The van der Waals surface area contributed by atoms with Gasteiger partial charge in [-0.15, -0.1) is 11.3 Å². The molecule has 3 heterocycles. The molecule has 0 saturated heterocycles. The zero-order valence-corrected chi connectivity index (χ0v) is 28.7. The summed E-state index contributed by atoms with van der Waals surface area (Å²) in [5.74, 6) is 0.842. The molecule has 0 N–H and O–H groups in total. The molecule has 3 aromatic heterocycles. The highest BCUT2D eigenvalue weighted by atomic mass is 32.1. The Balaban J connectivity index is 1.27. The lowest BCUT2D eigenvalue weighted by Crippen LogP contribution is -2.04. The molecule has 0 spiro atoms. The van der Waals surface area contributed by atoms with E-state index in [4.69, 9.17) is 9.97 Å². The summed E-state index contributed by atoms with van der Waals surface area (Å²) in [5, 5.41) is 7.56. The van der Waals surface area contributed by atoms with E-state index in [1.807, 2.05) is 11.3 Å². The van der Waals surface area contributed by atoms with E-state index >= 15 is 0 Å². The Labute approximate surface area is 302 Å². The maximum Gasteiger partial charge on any atom is 0.165 e. The van der Waals surface area contributed by atoms with Crippen LogP contribution in [0.3, 0.4) is 0 Å². The van der Waals surface area contributed by atoms with E-state index in [-0.39, 0.29) is 0 Å². The third-order valence-corrected chi connectivity index (χ3v) is 12.2. The van der Waals surface area contributed by atoms with Gasteiger partial charge in [0.1, 0.15) is 5.69 Å². The largest absolute Gasteiger partial charge is 0.292 e. The van der Waals surface area contributed by atoms with E-state index in [1.165, 1.54) is 75.1 Å². The number of hydrogen-bond acceptors (Lipinski definition) is 3. The molecule has 0 atom stereocenters. The minimum atomic E-state index is 0.842. The van der Waals surface area contributed by atoms with E-state index in [9.17, 15) is 0 Å². The first-order valence-corrected chi connectivity index (χ1v) is 18.5. The Morgan fingerprint density at radius 3 is 1.88 bits per heavy atom. The van der Waals surface area contributed by atoms with Crippen molar-refractivity contribution in [2.24, 2.45) is 0 Å². The van der Waals surface area contributed by atoms with Gasteiger partial charge in [-0.2, -0.15) is 0 Å². The van der Waals surface area contributed by atoms with Crippen molar-refractivity contribution >= 4 is 75.1 Å². The first-order chi connectivity index (χ1) is 25.8. The van der Waals surface area contributed by atoms with Crippen molar-refractivity contribution in [2.75, 3.05) is 0 Å². The molecule has 8 aromatic carbocycles. The number of benzene rings is 8. The van der Waals surface area contributed by atoms with Crippen molar-refractivity contribution in [3.63, 3.8) is 0 Å². The lowest BCUT2D eigenvalue weighted by Gasteiger charge is -2.17. The summed E-state index contributed by atoms with van der Waals surface area (Å²) in [4.78, 5) is 11.0. The Bertz CT molecular complexity index is 3300. The van der Waals surface area contributed by atoms with Crippen LogP contribution in [0, 0.1) is 0 Å². The Kier molecular flexibility index (Phi) is 5.65. The fourth-order valence-electron chi connectivity index (χ4n) is 8.75. The Morgan fingerprint density at radius 2 is 1.02 bits per heavy atom. The lowest BCUT2D eigenvalue weighted by molar-refractivity contribution is 1.08. The Hall–Kier alpha value is -6.62. The van der Waals surface area contributed by atoms with Gasteiger partial charge < -0.3 is 0 Å². The van der Waals surface area contributed by atoms with Crippen LogP contribution in [0.4, 0.5) is 0 Å². The molecule has 4 heteroatoms. The van der Waals surface area contributed by atoms with Crippen molar-refractivity contribution < 1.29 is 0 Å². The first kappa shape index (κ1) is 28.1. The average molecular weight is 678 g/mol. The van der Waals surface area contributed by atoms with E-state index in [1.54, 1.807) is 0 Å². The number of aromatic nitrogens is 3. The molecule has 1 aliphatic rings. The minimum Gasteiger partial charge on any atom is -0.292 e. The first-order valence-electron chi connectivity index (χ1n) is 17.7. The molecule has 240 valence electrons. The van der Waals surface area contributed by atoms with Crippen LogP contribution in [0.25, 0.3) is 114 Å². The second-order valence-corrected chi connectivity index (χ2v) is 14.7. The summed E-state index contributed by atoms with van der Waals surface area (Å²) in [6, 6.07) is 59.3. The van der Waals surface area contributed by atoms with Crippen LogP contribution in [0.15, 0.2) is 164 Å². The number of hydrogen-bond donors (Lipinski definition) is 0. The van der Waals surface area contributed by atoms with E-state index < -0.39 is 0 Å². The monoisotopic (exact) mass is 677 g/mol. The third kappa shape index (κ3) is 3.74. The van der Waals surface area contributed by atoms with Gasteiger partial charge in [0.25, 0.3) is 0 Å². The standard InChI is InChI=1S/C48H27N3S/c1-2-12-28(13-3-1)29-24-25-35-31-15-5-4-14-30(31)33-17-11-22-40-44(33)45-41(27-26-34(29)43(35)45)51(40)48-46(49-38-20-7-8-21-39(38)50-48)37-19-10-18-36-32-16-6-9-23-42(32)52-47(36)37/h1-27H. The second kappa shape index (κ2) is 10.5. The summed E-state index contributed by atoms with van der Waals surface area (Å²) >= 11 is 1.83. The molecule has 1 aliphatic carbocycles. The molecule has 0 radical (unpaired) electrons. The topological polar surface area (TPSA) is 30.7 Å². The van der Waals surface area contributed by atoms with Gasteiger partial charge in [-0.1, -0.05) is 133 Å². The SMILES string of the molecule is c1ccc(-c2ccc3c4c2ccc2c4c4c(cccc4n2-c2nc4ccccc4nc2-c2cccc4c2sc2ccccc24)-c2ccccc2-3)cc1. The predicted octanol–water partition coefficient (Wildman–Crippen LogP) is 13.2. The minimum absolute atomic E-state index is 0.842. The van der Waals surface area contributed by atoms with Crippen molar-refractivity contribution in [3.8, 4) is 50.5 Å². The van der Waals surface area contributed by atoms with Gasteiger partial charge in [0.2, 0.25) is 0 Å². The molecular weight excluding hydrogens is 651 g/mol. The van der Waals surface area contributed by atoms with Crippen molar-refractivity contribution in [2.45, 2.75) is 0 Å². The number of para-hydroxylation sites is 2. The van der Waals surface area contributed by atoms with Gasteiger partial charge in [-0.25, -0.2) is 9.97 Å². The van der Waals surface area contributed by atoms with Crippen LogP contribution in [-0.4, -0.2) is 14.5 Å². The van der Waals surface area contributed by atoms with Crippen LogP contribution in [0.5, 0.6) is 0 Å². The molecule has 11 aromatic rings. The fourth-order valence-corrected chi connectivity index (χ4v) is 9.97. The number of thiophene rings is 1. The Morgan fingerprint density at radius 1 is 0.385 bits per heavy atom. The highest BCUT2D eigenvalue weighted by Gasteiger charge is 2.28. The number of rotatable bonds is 3. The van der Waals surface area contributed by atoms with Gasteiger partial charge in [0, 0.05) is 41.9 Å². The summed E-state index contributed by atoms with van der Waals surface area (Å²) in [6.45, 7) is 0. The lowest BCUT2D eigenvalue weighted by atomic mass is 9.90. The molecule has 12 rings (SSSR count). The molecule has 3 nitrogen and oxygen atoms in total. The molecule has 0 saturated carbocycles. The average Bonchev–Trinajstić information content (AvgIpc) is 3.72. The predicted molar refractivity (Wildman–Crippen MR) is 220 cm³/mol. The van der Waals surface area contributed by atoms with Gasteiger partial charge >= 0.3 is 0 Å². The van der Waals surface area contributed by atoms with E-state index in [0.717, 1.165) is 39.1 Å². The molecule has 0 fully saturated rings. The summed E-state index contributed by atoms with van der Waals surface area (Å²) in [5.41, 5.74) is 13.5. The van der Waals surface area contributed by atoms with Gasteiger partial charge in [0.15, 0.2) is 5.82 Å². The zero-order chi connectivity index (χ0) is 33.9. The fraction of sp³-hybridized carbons (Fsp3) is 0. The summed E-state index contributed by atoms with van der Waals surface area (Å²) in [6.07, 6.45) is 0. The highest BCUT2D eigenvalue weighted by Crippen LogP contribution is 2.51. The smallest absolute Gasteiger partial charge is 0.165 e.